The van der Waals surface area contributed by atoms with Crippen molar-refractivity contribution in [1.82, 2.24) is 10.3 Å². The van der Waals surface area contributed by atoms with Crippen LogP contribution < -0.4 is 15.4 Å². The minimum absolute atomic E-state index is 0.0337. The van der Waals surface area contributed by atoms with Crippen LogP contribution in [0.15, 0.2) is 84.6 Å². The molecule has 1 aromatic heterocycles. The third kappa shape index (κ3) is 6.17. The Bertz CT molecular complexity index is 1660. The Hall–Kier alpha value is -4.99. The highest BCUT2D eigenvalue weighted by molar-refractivity contribution is 6.14. The second kappa shape index (κ2) is 11.4. The van der Waals surface area contributed by atoms with E-state index in [0.29, 0.717) is 27.8 Å². The van der Waals surface area contributed by atoms with Crippen molar-refractivity contribution in [2.24, 2.45) is 0 Å². The number of carbonyl (C=O) groups is 3. The topological polar surface area (TPSA) is 97.4 Å². The van der Waals surface area contributed by atoms with Gasteiger partial charge in [-0.15, -0.1) is 0 Å². The van der Waals surface area contributed by atoms with Gasteiger partial charge in [-0.25, -0.2) is 0 Å². The van der Waals surface area contributed by atoms with Crippen LogP contribution in [0.4, 0.5) is 18.9 Å². The van der Waals surface area contributed by atoms with Gasteiger partial charge in [-0.3, -0.25) is 19.4 Å². The Morgan fingerprint density at radius 2 is 1.60 bits per heavy atom. The van der Waals surface area contributed by atoms with Crippen molar-refractivity contribution in [3.8, 4) is 11.5 Å². The molecule has 0 aliphatic rings. The number of alkyl halides is 3. The number of amides is 2. The fraction of sp³-hybridized carbons (Fsp3) is 0.133. The first-order chi connectivity index (χ1) is 19.0. The van der Waals surface area contributed by atoms with Crippen LogP contribution in [-0.2, 0) is 6.18 Å². The number of hydrogen-bond acceptors (Lipinski definition) is 5. The molecule has 0 aliphatic heterocycles. The number of hydrogen-bond donors (Lipinski definition) is 2. The number of benzene rings is 3. The molecular weight excluding hydrogens is 523 g/mol. The summed E-state index contributed by atoms with van der Waals surface area (Å²) in [6.45, 7) is 3.20. The molecule has 2 amide bonds. The largest absolute Gasteiger partial charge is 0.457 e. The lowest BCUT2D eigenvalue weighted by molar-refractivity contribution is -0.137. The second-order valence-electron chi connectivity index (χ2n) is 9.01. The van der Waals surface area contributed by atoms with Crippen LogP contribution in [0.2, 0.25) is 0 Å². The molecule has 10 heteroatoms. The van der Waals surface area contributed by atoms with Crippen molar-refractivity contribution in [3.05, 3.63) is 107 Å². The number of halogens is 3. The zero-order valence-corrected chi connectivity index (χ0v) is 21.7. The molecule has 0 bridgehead atoms. The van der Waals surface area contributed by atoms with Gasteiger partial charge < -0.3 is 15.4 Å². The van der Waals surface area contributed by atoms with Crippen LogP contribution in [0, 0.1) is 0 Å². The third-order valence-electron chi connectivity index (χ3n) is 5.81. The summed E-state index contributed by atoms with van der Waals surface area (Å²) >= 11 is 0. The van der Waals surface area contributed by atoms with Gasteiger partial charge in [-0.2, -0.15) is 13.2 Å². The zero-order valence-electron chi connectivity index (χ0n) is 21.7. The highest BCUT2D eigenvalue weighted by atomic mass is 19.4. The first-order valence-corrected chi connectivity index (χ1v) is 12.1. The van der Waals surface area contributed by atoms with Gasteiger partial charge in [0.2, 0.25) is 0 Å². The molecule has 0 unspecified atom stereocenters. The molecule has 4 rings (SSSR count). The van der Waals surface area contributed by atoms with Crippen LogP contribution in [-0.4, -0.2) is 29.6 Å². The second-order valence-corrected chi connectivity index (χ2v) is 9.01. The fourth-order valence-corrected chi connectivity index (χ4v) is 4.03. The number of ketones is 1. The van der Waals surface area contributed by atoms with E-state index >= 15 is 0 Å². The number of ether oxygens (including phenoxy) is 1. The van der Waals surface area contributed by atoms with Crippen molar-refractivity contribution in [2.75, 3.05) is 12.4 Å². The number of carbonyl (C=O) groups excluding carboxylic acids is 3. The molecule has 3 aromatic carbocycles. The van der Waals surface area contributed by atoms with E-state index in [1.54, 1.807) is 56.3 Å². The van der Waals surface area contributed by atoms with Crippen molar-refractivity contribution >= 4 is 34.1 Å². The number of nitrogens with one attached hydrogen (secondary N) is 2. The number of rotatable bonds is 7. The summed E-state index contributed by atoms with van der Waals surface area (Å²) in [7, 11) is 1.49. The Morgan fingerprint density at radius 3 is 2.30 bits per heavy atom. The number of anilines is 1. The minimum atomic E-state index is -4.75. The van der Waals surface area contributed by atoms with Gasteiger partial charge in [0.15, 0.2) is 5.78 Å². The molecule has 40 heavy (non-hydrogen) atoms. The molecule has 2 N–H and O–H groups in total. The highest BCUT2D eigenvalue weighted by Gasteiger charge is 2.35. The van der Waals surface area contributed by atoms with Crippen molar-refractivity contribution < 1.29 is 32.3 Å². The monoisotopic (exact) mass is 547 g/mol. The molecule has 0 spiro atoms. The first-order valence-electron chi connectivity index (χ1n) is 12.1. The summed E-state index contributed by atoms with van der Waals surface area (Å²) < 4.78 is 46.7. The van der Waals surface area contributed by atoms with Crippen LogP contribution in [0.5, 0.6) is 11.5 Å². The maximum Gasteiger partial charge on any atom is 0.417 e. The van der Waals surface area contributed by atoms with E-state index in [2.05, 4.69) is 15.6 Å². The Balaban J connectivity index is 1.67. The predicted octanol–water partition coefficient (Wildman–Crippen LogP) is 6.81. The lowest BCUT2D eigenvalue weighted by Gasteiger charge is -2.15. The van der Waals surface area contributed by atoms with Crippen LogP contribution in [0.3, 0.4) is 0 Å². The number of nitrogens with zero attached hydrogens (tertiary/aromatic N) is 1. The molecule has 0 saturated carbocycles. The molecule has 0 atom stereocenters. The summed E-state index contributed by atoms with van der Waals surface area (Å²) in [4.78, 5) is 41.7. The average Bonchev–Trinajstić information content (AvgIpc) is 2.91. The van der Waals surface area contributed by atoms with Crippen LogP contribution in [0.25, 0.3) is 10.8 Å². The van der Waals surface area contributed by atoms with Gasteiger partial charge in [0.1, 0.15) is 17.2 Å². The molecule has 1 heterocycles. The standard InChI is InChI=1S/C30H24F3N3O4/c1-17(2)14-26(37)23-15-18(10-11-24(23)30(31,32)33)36-28(38)22-8-4-7-21-20(22)6-5-9-27(21)40-19-12-13-35-25(16-19)29(39)34-3/h4-16H,1-3H3,(H,34,39)(H,36,38). The zero-order chi connectivity index (χ0) is 29.0. The van der Waals surface area contributed by atoms with Gasteiger partial charge in [0.25, 0.3) is 11.8 Å². The summed E-state index contributed by atoms with van der Waals surface area (Å²) in [5.74, 6) is -1.02. The van der Waals surface area contributed by atoms with Crippen LogP contribution in [0.1, 0.15) is 50.6 Å². The van der Waals surface area contributed by atoms with Gasteiger partial charge in [-0.1, -0.05) is 29.8 Å². The molecule has 0 saturated heterocycles. The molecule has 4 aromatic rings. The van der Waals surface area contributed by atoms with E-state index in [0.717, 1.165) is 24.3 Å². The van der Waals surface area contributed by atoms with E-state index in [-0.39, 0.29) is 22.9 Å². The van der Waals surface area contributed by atoms with E-state index in [1.165, 1.54) is 19.3 Å². The Morgan fingerprint density at radius 1 is 0.875 bits per heavy atom. The number of allylic oxidation sites excluding steroid dienone is 2. The van der Waals surface area contributed by atoms with Gasteiger partial charge in [-0.05, 0) is 61.7 Å². The molecule has 7 nitrogen and oxygen atoms in total. The smallest absolute Gasteiger partial charge is 0.417 e. The molecule has 0 radical (unpaired) electrons. The molecule has 0 aliphatic carbocycles. The summed E-state index contributed by atoms with van der Waals surface area (Å²) in [6, 6.07) is 16.0. The maximum absolute atomic E-state index is 13.6. The van der Waals surface area contributed by atoms with E-state index < -0.39 is 29.0 Å². The van der Waals surface area contributed by atoms with E-state index in [4.69, 9.17) is 4.74 Å². The normalized spacial score (nSPS) is 11.1. The van der Waals surface area contributed by atoms with Gasteiger partial charge in [0.05, 0.1) is 5.56 Å². The van der Waals surface area contributed by atoms with Crippen molar-refractivity contribution in [2.45, 2.75) is 20.0 Å². The molecular formula is C30H24F3N3O4. The van der Waals surface area contributed by atoms with Crippen molar-refractivity contribution in [3.63, 3.8) is 0 Å². The molecule has 0 fully saturated rings. The average molecular weight is 548 g/mol. The van der Waals surface area contributed by atoms with Gasteiger partial charge in [0, 0.05) is 41.5 Å². The summed E-state index contributed by atoms with van der Waals surface area (Å²) in [5.41, 5.74) is -0.673. The Labute approximate surface area is 227 Å². The highest BCUT2D eigenvalue weighted by Crippen LogP contribution is 2.35. The predicted molar refractivity (Wildman–Crippen MR) is 145 cm³/mol. The SMILES string of the molecule is CNC(=O)c1cc(Oc2cccc3c(C(=O)Nc4ccc(C(F)(F)F)c(C(=O)C=C(C)C)c4)cccc23)ccn1. The van der Waals surface area contributed by atoms with Gasteiger partial charge >= 0.3 is 6.18 Å². The third-order valence-corrected chi connectivity index (χ3v) is 5.81. The number of pyridine rings is 1. The van der Waals surface area contributed by atoms with E-state index in [9.17, 15) is 27.6 Å². The molecule has 204 valence electrons. The van der Waals surface area contributed by atoms with E-state index in [1.807, 2.05) is 0 Å². The first kappa shape index (κ1) is 28.0. The fourth-order valence-electron chi connectivity index (χ4n) is 4.03. The number of fused-ring (bicyclic) bond motifs is 1. The maximum atomic E-state index is 13.6. The summed E-state index contributed by atoms with van der Waals surface area (Å²) in [6.07, 6.45) is -2.20. The summed E-state index contributed by atoms with van der Waals surface area (Å²) in [5, 5.41) is 6.19. The Kier molecular flexibility index (Phi) is 7.99. The van der Waals surface area contributed by atoms with Crippen molar-refractivity contribution in [1.29, 1.82) is 0 Å². The minimum Gasteiger partial charge on any atom is -0.457 e. The quantitative estimate of drug-likeness (QED) is 0.196. The number of aromatic nitrogens is 1. The lowest BCUT2D eigenvalue weighted by atomic mass is 10.00. The lowest BCUT2D eigenvalue weighted by Crippen LogP contribution is -2.18. The van der Waals surface area contributed by atoms with Crippen LogP contribution >= 0.6 is 0 Å².